The van der Waals surface area contributed by atoms with E-state index >= 15 is 0 Å². The summed E-state index contributed by atoms with van der Waals surface area (Å²) in [4.78, 5) is 17.3. The fourth-order valence-electron chi connectivity index (χ4n) is 9.46. The van der Waals surface area contributed by atoms with Crippen molar-refractivity contribution in [3.8, 4) is 22.5 Å². The molecule has 0 spiro atoms. The zero-order valence-electron chi connectivity index (χ0n) is 38.7. The Labute approximate surface area is 373 Å². The SMILES string of the molecule is CC1(C)CCC(C)(C)c2cc(-c3cccc(N4CCN(CCCO)CC4)n3)ccc21.CC1(C)CCC(C)(C)c2cc(-c3cccc(N4CCNCC4)n3)ccc21.OCCCCl. The van der Waals surface area contributed by atoms with Crippen LogP contribution < -0.4 is 15.1 Å². The normalized spacial score (nSPS) is 20.0. The third kappa shape index (κ3) is 11.5. The van der Waals surface area contributed by atoms with Crippen molar-refractivity contribution in [3.63, 3.8) is 0 Å². The maximum absolute atomic E-state index is 9.05. The van der Waals surface area contributed by atoms with Crippen molar-refractivity contribution in [2.45, 2.75) is 116 Å². The van der Waals surface area contributed by atoms with E-state index in [9.17, 15) is 0 Å². The Balaban J connectivity index is 0.000000185. The number of alkyl halides is 1. The van der Waals surface area contributed by atoms with Gasteiger partial charge in [0.05, 0.1) is 11.4 Å². The van der Waals surface area contributed by atoms with E-state index in [1.807, 2.05) is 0 Å². The summed E-state index contributed by atoms with van der Waals surface area (Å²) in [5.74, 6) is 2.74. The number of nitrogens with one attached hydrogen (secondary N) is 1. The number of pyridine rings is 2. The number of fused-ring (bicyclic) bond motifs is 2. The Hall–Kier alpha value is -3.53. The lowest BCUT2D eigenvalue weighted by Gasteiger charge is -2.42. The number of anilines is 2. The molecule has 0 saturated carbocycles. The Morgan fingerprint density at radius 2 is 0.967 bits per heavy atom. The number of hydrogen-bond acceptors (Lipinski definition) is 8. The van der Waals surface area contributed by atoms with Crippen LogP contribution >= 0.6 is 11.6 Å². The van der Waals surface area contributed by atoms with Gasteiger partial charge in [0.1, 0.15) is 11.6 Å². The van der Waals surface area contributed by atoms with Gasteiger partial charge in [-0.1, -0.05) is 91.8 Å². The van der Waals surface area contributed by atoms with Gasteiger partial charge in [0, 0.05) is 89.1 Å². The summed E-state index contributed by atoms with van der Waals surface area (Å²) in [5, 5.41) is 20.4. The first kappa shape index (κ1) is 47.0. The number of piperazine rings is 2. The first-order valence-electron chi connectivity index (χ1n) is 23.0. The molecule has 0 radical (unpaired) electrons. The molecule has 8 nitrogen and oxygen atoms in total. The summed E-state index contributed by atoms with van der Waals surface area (Å²) in [7, 11) is 0. The van der Waals surface area contributed by atoms with E-state index in [4.69, 9.17) is 31.8 Å². The number of aromatic nitrogens is 2. The van der Waals surface area contributed by atoms with Gasteiger partial charge in [-0.3, -0.25) is 4.90 Å². The molecule has 9 heteroatoms. The predicted octanol–water partition coefficient (Wildman–Crippen LogP) is 9.72. The maximum Gasteiger partial charge on any atom is 0.129 e. The minimum Gasteiger partial charge on any atom is -0.396 e. The van der Waals surface area contributed by atoms with Crippen LogP contribution in [-0.2, 0) is 21.7 Å². The standard InChI is InChI=1S/C26H37N3O.C23H31N3.C3H7ClO/c1-25(2)11-12-26(3,4)22-19-20(9-10-21(22)25)23-7-5-8-24(27-23)29-16-14-28(15-17-29)13-6-18-30;1-22(2)10-11-23(3,4)19-16-17(8-9-18(19)22)20-6-5-7-21(25-20)26-14-12-24-13-15-26;4-2-1-3-5/h5,7-10,19,30H,6,11-18H2,1-4H3;5-9,16,24H,10-15H2,1-4H3;5H,1-3H2. The monoisotopic (exact) mass is 851 g/mol. The van der Waals surface area contributed by atoms with Gasteiger partial charge in [-0.25, -0.2) is 9.97 Å². The smallest absolute Gasteiger partial charge is 0.129 e. The van der Waals surface area contributed by atoms with Crippen molar-refractivity contribution < 1.29 is 10.2 Å². The Kier molecular flexibility index (Phi) is 15.6. The molecule has 4 aromatic rings. The van der Waals surface area contributed by atoms with Gasteiger partial charge in [-0.15, -0.1) is 11.6 Å². The highest BCUT2D eigenvalue weighted by Gasteiger charge is 2.38. The van der Waals surface area contributed by atoms with E-state index in [0.717, 1.165) is 88.3 Å². The number of halogens is 1. The molecular weight excluding hydrogens is 776 g/mol. The summed E-state index contributed by atoms with van der Waals surface area (Å²) in [6.45, 7) is 28.7. The largest absolute Gasteiger partial charge is 0.396 e. The third-order valence-corrected chi connectivity index (χ3v) is 14.1. The van der Waals surface area contributed by atoms with Crippen molar-refractivity contribution in [2.75, 3.05) is 87.8 Å². The van der Waals surface area contributed by atoms with Crippen LogP contribution in [0.5, 0.6) is 0 Å². The molecule has 2 aliphatic carbocycles. The van der Waals surface area contributed by atoms with Crippen molar-refractivity contribution >= 4 is 23.2 Å². The van der Waals surface area contributed by atoms with Gasteiger partial charge in [0.2, 0.25) is 0 Å². The summed E-state index contributed by atoms with van der Waals surface area (Å²) >= 11 is 5.14. The van der Waals surface area contributed by atoms with Gasteiger partial charge < -0.3 is 25.3 Å². The average Bonchev–Trinajstić information content (AvgIpc) is 3.27. The summed E-state index contributed by atoms with van der Waals surface area (Å²) in [5.41, 5.74) is 11.6. The molecule has 4 aliphatic rings. The van der Waals surface area contributed by atoms with E-state index in [2.05, 4.69) is 148 Å². The number of aliphatic hydroxyl groups is 2. The van der Waals surface area contributed by atoms with Crippen LogP contribution in [0.25, 0.3) is 22.5 Å². The summed E-state index contributed by atoms with van der Waals surface area (Å²) in [6, 6.07) is 26.9. The van der Waals surface area contributed by atoms with Crippen molar-refractivity contribution in [2.24, 2.45) is 0 Å². The number of aliphatic hydroxyl groups excluding tert-OH is 2. The van der Waals surface area contributed by atoms with E-state index in [0.29, 0.717) is 12.3 Å². The zero-order chi connectivity index (χ0) is 43.8. The number of benzene rings is 2. The molecule has 0 atom stereocenters. The van der Waals surface area contributed by atoms with Crippen LogP contribution in [0.15, 0.2) is 72.8 Å². The van der Waals surface area contributed by atoms with Crippen LogP contribution in [0.3, 0.4) is 0 Å². The lowest BCUT2D eigenvalue weighted by Crippen LogP contribution is -2.47. The Bertz CT molecular complexity index is 2030. The molecule has 2 fully saturated rings. The van der Waals surface area contributed by atoms with Gasteiger partial charge in [0.15, 0.2) is 0 Å². The number of rotatable bonds is 9. The Morgan fingerprint density at radius 1 is 0.541 bits per heavy atom. The van der Waals surface area contributed by atoms with Crippen LogP contribution in [-0.4, -0.2) is 103 Å². The van der Waals surface area contributed by atoms with Gasteiger partial charge in [-0.2, -0.15) is 0 Å². The van der Waals surface area contributed by atoms with Gasteiger partial charge in [0.25, 0.3) is 0 Å². The molecule has 2 aromatic carbocycles. The van der Waals surface area contributed by atoms with Crippen LogP contribution in [0.4, 0.5) is 11.6 Å². The Morgan fingerprint density at radius 3 is 1.38 bits per heavy atom. The first-order chi connectivity index (χ1) is 29.1. The molecular formula is C52H75ClN6O2. The summed E-state index contributed by atoms with van der Waals surface area (Å²) < 4.78 is 0. The second kappa shape index (κ2) is 20.3. The average molecular weight is 852 g/mol. The minimum atomic E-state index is 0.212. The highest BCUT2D eigenvalue weighted by Crippen LogP contribution is 2.48. The first-order valence-corrected chi connectivity index (χ1v) is 23.6. The highest BCUT2D eigenvalue weighted by atomic mass is 35.5. The van der Waals surface area contributed by atoms with Crippen molar-refractivity contribution in [1.29, 1.82) is 0 Å². The molecule has 61 heavy (non-hydrogen) atoms. The van der Waals surface area contributed by atoms with Gasteiger partial charge >= 0.3 is 0 Å². The minimum absolute atomic E-state index is 0.212. The quantitative estimate of drug-likeness (QED) is 0.144. The van der Waals surface area contributed by atoms with Crippen molar-refractivity contribution in [1.82, 2.24) is 20.2 Å². The molecule has 2 aliphatic heterocycles. The molecule has 2 aromatic heterocycles. The fraction of sp³-hybridized carbons (Fsp3) is 0.577. The molecule has 3 N–H and O–H groups in total. The van der Waals surface area contributed by atoms with E-state index < -0.39 is 0 Å². The predicted molar refractivity (Wildman–Crippen MR) is 258 cm³/mol. The third-order valence-electron chi connectivity index (χ3n) is 13.8. The van der Waals surface area contributed by atoms with Crippen molar-refractivity contribution in [3.05, 3.63) is 95.1 Å². The number of hydrogen-bond donors (Lipinski definition) is 3. The van der Waals surface area contributed by atoms with Crippen LogP contribution in [0.1, 0.15) is 116 Å². The van der Waals surface area contributed by atoms with Crippen LogP contribution in [0, 0.1) is 0 Å². The van der Waals surface area contributed by atoms with E-state index in [1.165, 1.54) is 59.1 Å². The second-order valence-corrected chi connectivity index (χ2v) is 20.6. The lowest BCUT2D eigenvalue weighted by atomic mass is 9.63. The fourth-order valence-corrected chi connectivity index (χ4v) is 9.58. The molecule has 0 bridgehead atoms. The lowest BCUT2D eigenvalue weighted by molar-refractivity contribution is 0.215. The van der Waals surface area contributed by atoms with E-state index in [1.54, 1.807) is 0 Å². The van der Waals surface area contributed by atoms with Gasteiger partial charge in [-0.05, 0) is 119 Å². The van der Waals surface area contributed by atoms with E-state index in [-0.39, 0.29) is 34.9 Å². The van der Waals surface area contributed by atoms with Crippen LogP contribution in [0.2, 0.25) is 0 Å². The molecule has 0 unspecified atom stereocenters. The second-order valence-electron chi connectivity index (χ2n) is 20.2. The number of nitrogens with zero attached hydrogens (tertiary/aromatic N) is 5. The summed E-state index contributed by atoms with van der Waals surface area (Å²) in [6.07, 6.45) is 6.53. The molecule has 8 rings (SSSR count). The zero-order valence-corrected chi connectivity index (χ0v) is 39.4. The molecule has 0 amide bonds. The molecule has 4 heterocycles. The molecule has 332 valence electrons. The molecule has 2 saturated heterocycles. The topological polar surface area (TPSA) is 88.0 Å². The highest BCUT2D eigenvalue weighted by molar-refractivity contribution is 6.17. The maximum atomic E-state index is 9.05.